The van der Waals surface area contributed by atoms with E-state index in [1.54, 1.807) is 6.33 Å². The second-order valence-electron chi connectivity index (χ2n) is 5.65. The zero-order chi connectivity index (χ0) is 17.5. The molecule has 0 unspecified atom stereocenters. The van der Waals surface area contributed by atoms with Gasteiger partial charge in [0, 0.05) is 19.5 Å². The molecule has 0 aliphatic carbocycles. The van der Waals surface area contributed by atoms with Crippen LogP contribution in [0.3, 0.4) is 0 Å². The number of benzene rings is 1. The van der Waals surface area contributed by atoms with Crippen LogP contribution in [0, 0.1) is 28.6 Å². The lowest BCUT2D eigenvalue weighted by Crippen LogP contribution is -2.09. The molecule has 3 aromatic rings. The lowest BCUT2D eigenvalue weighted by atomic mass is 10.1. The summed E-state index contributed by atoms with van der Waals surface area (Å²) in [7, 11) is 0. The van der Waals surface area contributed by atoms with Gasteiger partial charge in [0.2, 0.25) is 0 Å². The molecule has 7 nitrogen and oxygen atoms in total. The van der Waals surface area contributed by atoms with Gasteiger partial charge in [0.05, 0.1) is 24.4 Å². The highest BCUT2D eigenvalue weighted by Crippen LogP contribution is 2.20. The van der Waals surface area contributed by atoms with Crippen molar-refractivity contribution >= 4 is 17.0 Å². The van der Waals surface area contributed by atoms with Crippen molar-refractivity contribution in [1.82, 2.24) is 19.5 Å². The van der Waals surface area contributed by atoms with Gasteiger partial charge in [-0.15, -0.1) is 0 Å². The van der Waals surface area contributed by atoms with Crippen LogP contribution in [-0.2, 0) is 13.1 Å². The molecule has 0 aliphatic heterocycles. The molecule has 0 saturated carbocycles. The van der Waals surface area contributed by atoms with Gasteiger partial charge in [-0.25, -0.2) is 15.0 Å². The first-order valence-corrected chi connectivity index (χ1v) is 8.02. The predicted octanol–water partition coefficient (Wildman–Crippen LogP) is 2.88. The Morgan fingerprint density at radius 2 is 1.96 bits per heavy atom. The van der Waals surface area contributed by atoms with Crippen molar-refractivity contribution in [3.8, 4) is 12.1 Å². The molecule has 0 saturated heterocycles. The molecular formula is C18H17N7. The van der Waals surface area contributed by atoms with E-state index in [0.29, 0.717) is 42.9 Å². The molecule has 0 spiro atoms. The molecule has 7 heteroatoms. The van der Waals surface area contributed by atoms with Crippen molar-refractivity contribution in [2.24, 2.45) is 5.92 Å². The van der Waals surface area contributed by atoms with Crippen molar-refractivity contribution in [3.63, 3.8) is 0 Å². The van der Waals surface area contributed by atoms with E-state index in [4.69, 9.17) is 5.26 Å². The van der Waals surface area contributed by atoms with Crippen molar-refractivity contribution in [1.29, 1.82) is 10.5 Å². The Morgan fingerprint density at radius 3 is 2.72 bits per heavy atom. The smallest absolute Gasteiger partial charge is 0.165 e. The van der Waals surface area contributed by atoms with Crippen LogP contribution in [0.1, 0.15) is 18.4 Å². The van der Waals surface area contributed by atoms with Crippen LogP contribution in [-0.4, -0.2) is 19.5 Å². The minimum atomic E-state index is -0.243. The standard InChI is InChI=1S/C18H17N7/c19-8-4-7-15(9-20)11-25-13-24-16-17(22-12-23-18(16)25)21-10-14-5-2-1-3-6-14/h1-3,5-6,12-13,15H,4,7,10-11H2,(H,21,22,23)/t15-/m0/s1. The highest BCUT2D eigenvalue weighted by atomic mass is 15.1. The first-order chi connectivity index (χ1) is 12.3. The zero-order valence-corrected chi connectivity index (χ0v) is 13.6. The van der Waals surface area contributed by atoms with Crippen molar-refractivity contribution in [2.45, 2.75) is 25.9 Å². The largest absolute Gasteiger partial charge is 0.364 e. The predicted molar refractivity (Wildman–Crippen MR) is 93.0 cm³/mol. The van der Waals surface area contributed by atoms with Crippen LogP contribution in [0.2, 0.25) is 0 Å². The fraction of sp³-hybridized carbons (Fsp3) is 0.278. The molecule has 25 heavy (non-hydrogen) atoms. The fourth-order valence-corrected chi connectivity index (χ4v) is 2.60. The third kappa shape index (κ3) is 3.91. The quantitative estimate of drug-likeness (QED) is 0.714. The average molecular weight is 331 g/mol. The highest BCUT2D eigenvalue weighted by Gasteiger charge is 2.14. The number of rotatable bonds is 7. The van der Waals surface area contributed by atoms with Crippen LogP contribution in [0.4, 0.5) is 5.82 Å². The van der Waals surface area contributed by atoms with Gasteiger partial charge in [0.25, 0.3) is 0 Å². The Kier molecular flexibility index (Phi) is 5.18. The van der Waals surface area contributed by atoms with E-state index >= 15 is 0 Å². The number of anilines is 1. The molecule has 1 N–H and O–H groups in total. The zero-order valence-electron chi connectivity index (χ0n) is 13.6. The monoisotopic (exact) mass is 331 g/mol. The van der Waals surface area contributed by atoms with Gasteiger partial charge in [-0.05, 0) is 12.0 Å². The van der Waals surface area contributed by atoms with Gasteiger partial charge in [0.15, 0.2) is 11.5 Å². The number of fused-ring (bicyclic) bond motifs is 1. The summed E-state index contributed by atoms with van der Waals surface area (Å²) in [6.45, 7) is 1.10. The topological polar surface area (TPSA) is 103 Å². The third-order valence-corrected chi connectivity index (χ3v) is 3.91. The lowest BCUT2D eigenvalue weighted by Gasteiger charge is -2.09. The molecule has 0 aliphatic rings. The van der Waals surface area contributed by atoms with Gasteiger partial charge >= 0.3 is 0 Å². The summed E-state index contributed by atoms with van der Waals surface area (Å²) in [6.07, 6.45) is 4.06. The molecule has 0 bridgehead atoms. The van der Waals surface area contributed by atoms with E-state index in [0.717, 1.165) is 5.56 Å². The molecule has 0 amide bonds. The minimum absolute atomic E-state index is 0.243. The van der Waals surface area contributed by atoms with Crippen LogP contribution >= 0.6 is 0 Å². The molecule has 1 aromatic carbocycles. The minimum Gasteiger partial charge on any atom is -0.364 e. The van der Waals surface area contributed by atoms with E-state index in [1.807, 2.05) is 34.9 Å². The summed E-state index contributed by atoms with van der Waals surface area (Å²) >= 11 is 0. The van der Waals surface area contributed by atoms with Gasteiger partial charge in [-0.1, -0.05) is 30.3 Å². The van der Waals surface area contributed by atoms with Gasteiger partial charge < -0.3 is 9.88 Å². The maximum absolute atomic E-state index is 9.25. The van der Waals surface area contributed by atoms with E-state index < -0.39 is 0 Å². The van der Waals surface area contributed by atoms with Crippen LogP contribution in [0.15, 0.2) is 43.0 Å². The number of hydrogen-bond acceptors (Lipinski definition) is 6. The van der Waals surface area contributed by atoms with E-state index in [9.17, 15) is 5.26 Å². The van der Waals surface area contributed by atoms with Gasteiger partial charge in [-0.2, -0.15) is 10.5 Å². The van der Waals surface area contributed by atoms with Crippen LogP contribution in [0.25, 0.3) is 11.2 Å². The average Bonchev–Trinajstić information content (AvgIpc) is 3.07. The van der Waals surface area contributed by atoms with E-state index in [1.165, 1.54) is 6.33 Å². The Hall–Kier alpha value is -3.45. The molecule has 1 atom stereocenters. The Morgan fingerprint density at radius 1 is 1.12 bits per heavy atom. The number of imidazole rings is 1. The summed E-state index contributed by atoms with van der Waals surface area (Å²) in [6, 6.07) is 14.4. The summed E-state index contributed by atoms with van der Waals surface area (Å²) in [5, 5.41) is 21.2. The SMILES string of the molecule is N#CCC[C@@H](C#N)Cn1cnc2c(NCc3ccccc3)ncnc21. The lowest BCUT2D eigenvalue weighted by molar-refractivity contribution is 0.517. The summed E-state index contributed by atoms with van der Waals surface area (Å²) in [5.41, 5.74) is 2.51. The molecule has 124 valence electrons. The normalized spacial score (nSPS) is 11.6. The maximum Gasteiger partial charge on any atom is 0.165 e. The second-order valence-corrected chi connectivity index (χ2v) is 5.65. The van der Waals surface area contributed by atoms with E-state index in [2.05, 4.69) is 32.4 Å². The first kappa shape index (κ1) is 16.4. The molecule has 2 heterocycles. The van der Waals surface area contributed by atoms with Crippen LogP contribution in [0.5, 0.6) is 0 Å². The maximum atomic E-state index is 9.25. The van der Waals surface area contributed by atoms with Gasteiger partial charge in [0.1, 0.15) is 11.8 Å². The van der Waals surface area contributed by atoms with Crippen LogP contribution < -0.4 is 5.32 Å². The third-order valence-electron chi connectivity index (χ3n) is 3.91. The Balaban J connectivity index is 1.78. The number of aromatic nitrogens is 4. The Bertz CT molecular complexity index is 918. The fourth-order valence-electron chi connectivity index (χ4n) is 2.60. The van der Waals surface area contributed by atoms with Gasteiger partial charge in [-0.3, -0.25) is 0 Å². The summed E-state index contributed by atoms with van der Waals surface area (Å²) in [5.74, 6) is 0.422. The first-order valence-electron chi connectivity index (χ1n) is 8.02. The number of nitrogens with zero attached hydrogens (tertiary/aromatic N) is 6. The number of nitrogens with one attached hydrogen (secondary N) is 1. The van der Waals surface area contributed by atoms with Crippen molar-refractivity contribution in [3.05, 3.63) is 48.5 Å². The molecule has 3 rings (SSSR count). The molecule has 2 aromatic heterocycles. The molecule has 0 fully saturated rings. The number of hydrogen-bond donors (Lipinski definition) is 1. The Labute approximate surface area is 145 Å². The van der Waals surface area contributed by atoms with Crippen molar-refractivity contribution in [2.75, 3.05) is 5.32 Å². The number of nitriles is 2. The highest BCUT2D eigenvalue weighted by molar-refractivity contribution is 5.82. The summed E-state index contributed by atoms with van der Waals surface area (Å²) in [4.78, 5) is 13.0. The van der Waals surface area contributed by atoms with Crippen molar-refractivity contribution < 1.29 is 0 Å². The molecular weight excluding hydrogens is 314 g/mol. The summed E-state index contributed by atoms with van der Waals surface area (Å²) < 4.78 is 1.84. The second kappa shape index (κ2) is 7.89. The molecule has 0 radical (unpaired) electrons. The van der Waals surface area contributed by atoms with E-state index in [-0.39, 0.29) is 5.92 Å².